The molecule has 0 radical (unpaired) electrons. The fourth-order valence-corrected chi connectivity index (χ4v) is 2.01. The largest absolute Gasteiger partial charge is 0.441 e. The number of hydrogen-bond acceptors (Lipinski definition) is 4. The fraction of sp³-hybridized carbons (Fsp3) is 0.0667. The Morgan fingerprint density at radius 3 is 2.86 bits per heavy atom. The highest BCUT2D eigenvalue weighted by atomic mass is 19.1. The molecule has 1 aromatic heterocycles. The van der Waals surface area contributed by atoms with Gasteiger partial charge in [-0.25, -0.2) is 9.37 Å². The normalized spacial score (nSPS) is 10.8. The van der Waals surface area contributed by atoms with E-state index in [4.69, 9.17) is 10.2 Å². The molecule has 1 heterocycles. The molecule has 1 amide bonds. The van der Waals surface area contributed by atoms with Crippen molar-refractivity contribution in [1.29, 1.82) is 0 Å². The van der Waals surface area contributed by atoms with Crippen molar-refractivity contribution in [3.8, 4) is 0 Å². The zero-order valence-electron chi connectivity index (χ0n) is 11.2. The molecule has 3 aromatic rings. The molecule has 2 aromatic carbocycles. The molecule has 0 spiro atoms. The predicted octanol–water partition coefficient (Wildman–Crippen LogP) is 3.11. The number of nitrogen functional groups attached to an aromatic ring is 1. The number of nitrogens with one attached hydrogen (secondary N) is 1. The summed E-state index contributed by atoms with van der Waals surface area (Å²) in [7, 11) is 0. The molecule has 3 rings (SSSR count). The Morgan fingerprint density at radius 2 is 2.10 bits per heavy atom. The van der Waals surface area contributed by atoms with Gasteiger partial charge < -0.3 is 15.5 Å². The average Bonchev–Trinajstić information content (AvgIpc) is 2.81. The number of nitrogens with two attached hydrogens (primary N) is 1. The first kappa shape index (κ1) is 13.1. The van der Waals surface area contributed by atoms with Crippen molar-refractivity contribution in [3.05, 3.63) is 53.7 Å². The van der Waals surface area contributed by atoms with Crippen LogP contribution in [-0.4, -0.2) is 10.9 Å². The number of carbonyl (C=O) groups excluding carboxylic acids is 1. The first-order chi connectivity index (χ1) is 10.0. The van der Waals surface area contributed by atoms with Gasteiger partial charge in [0.05, 0.1) is 5.69 Å². The standard InChI is InChI=1S/C15H12FN3O2/c1-8-18-13-7-10(3-5-14(13)21-8)19-15(20)9-2-4-11(16)12(17)6-9/h2-7H,17H2,1H3,(H,19,20). The number of fused-ring (bicyclic) bond motifs is 1. The first-order valence-corrected chi connectivity index (χ1v) is 6.26. The van der Waals surface area contributed by atoms with Crippen LogP contribution in [0, 0.1) is 12.7 Å². The van der Waals surface area contributed by atoms with E-state index in [0.717, 1.165) is 6.07 Å². The Bertz CT molecular complexity index is 842. The number of anilines is 2. The van der Waals surface area contributed by atoms with Crippen LogP contribution < -0.4 is 11.1 Å². The summed E-state index contributed by atoms with van der Waals surface area (Å²) in [5.74, 6) is -0.368. The molecule has 21 heavy (non-hydrogen) atoms. The van der Waals surface area contributed by atoms with Gasteiger partial charge in [-0.05, 0) is 36.4 Å². The lowest BCUT2D eigenvalue weighted by Crippen LogP contribution is -2.12. The molecule has 0 saturated carbocycles. The van der Waals surface area contributed by atoms with E-state index >= 15 is 0 Å². The molecule has 0 aliphatic carbocycles. The summed E-state index contributed by atoms with van der Waals surface area (Å²) in [6, 6.07) is 8.97. The molecular formula is C15H12FN3O2. The van der Waals surface area contributed by atoms with Gasteiger partial charge in [-0.15, -0.1) is 0 Å². The van der Waals surface area contributed by atoms with Crippen molar-refractivity contribution in [2.75, 3.05) is 11.1 Å². The maximum absolute atomic E-state index is 13.1. The highest BCUT2D eigenvalue weighted by molar-refractivity contribution is 6.05. The number of rotatable bonds is 2. The molecule has 3 N–H and O–H groups in total. The van der Waals surface area contributed by atoms with Gasteiger partial charge in [0.1, 0.15) is 11.3 Å². The number of benzene rings is 2. The number of nitrogens with zero attached hydrogens (tertiary/aromatic N) is 1. The van der Waals surface area contributed by atoms with Crippen molar-refractivity contribution >= 4 is 28.4 Å². The van der Waals surface area contributed by atoms with Crippen molar-refractivity contribution in [1.82, 2.24) is 4.98 Å². The van der Waals surface area contributed by atoms with Gasteiger partial charge in [-0.3, -0.25) is 4.79 Å². The second kappa shape index (κ2) is 4.90. The van der Waals surface area contributed by atoms with Gasteiger partial charge in [-0.1, -0.05) is 0 Å². The number of hydrogen-bond donors (Lipinski definition) is 2. The van der Waals surface area contributed by atoms with Crippen molar-refractivity contribution in [3.63, 3.8) is 0 Å². The molecule has 0 atom stereocenters. The van der Waals surface area contributed by atoms with Gasteiger partial charge in [0.15, 0.2) is 11.5 Å². The van der Waals surface area contributed by atoms with Crippen LogP contribution in [0.3, 0.4) is 0 Å². The smallest absolute Gasteiger partial charge is 0.255 e. The Morgan fingerprint density at radius 1 is 1.29 bits per heavy atom. The maximum Gasteiger partial charge on any atom is 0.255 e. The molecule has 0 unspecified atom stereocenters. The van der Waals surface area contributed by atoms with Crippen LogP contribution in [0.4, 0.5) is 15.8 Å². The van der Waals surface area contributed by atoms with Gasteiger partial charge in [-0.2, -0.15) is 0 Å². The topological polar surface area (TPSA) is 81.2 Å². The molecule has 106 valence electrons. The zero-order valence-corrected chi connectivity index (χ0v) is 11.2. The highest BCUT2D eigenvalue weighted by Gasteiger charge is 2.10. The van der Waals surface area contributed by atoms with Gasteiger partial charge in [0, 0.05) is 18.2 Å². The van der Waals surface area contributed by atoms with E-state index < -0.39 is 5.82 Å². The number of aryl methyl sites for hydroxylation is 1. The molecule has 0 aliphatic heterocycles. The Balaban J connectivity index is 1.86. The molecule has 5 nitrogen and oxygen atoms in total. The van der Waals surface area contributed by atoms with Gasteiger partial charge >= 0.3 is 0 Å². The second-order valence-electron chi connectivity index (χ2n) is 4.61. The Kier molecular flexibility index (Phi) is 3.06. The SMILES string of the molecule is Cc1nc2cc(NC(=O)c3ccc(F)c(N)c3)ccc2o1. The summed E-state index contributed by atoms with van der Waals surface area (Å²) in [5, 5.41) is 2.71. The van der Waals surface area contributed by atoms with Crippen molar-refractivity contribution in [2.45, 2.75) is 6.92 Å². The van der Waals surface area contributed by atoms with Crippen LogP contribution in [0.15, 0.2) is 40.8 Å². The maximum atomic E-state index is 13.1. The highest BCUT2D eigenvalue weighted by Crippen LogP contribution is 2.20. The molecule has 0 saturated heterocycles. The van der Waals surface area contributed by atoms with Crippen LogP contribution >= 0.6 is 0 Å². The summed E-state index contributed by atoms with van der Waals surface area (Å²) >= 11 is 0. The van der Waals surface area contributed by atoms with E-state index in [1.54, 1.807) is 25.1 Å². The van der Waals surface area contributed by atoms with Crippen LogP contribution in [-0.2, 0) is 0 Å². The van der Waals surface area contributed by atoms with E-state index in [0.29, 0.717) is 22.7 Å². The minimum absolute atomic E-state index is 0.0646. The van der Waals surface area contributed by atoms with E-state index in [2.05, 4.69) is 10.3 Å². The Labute approximate surface area is 119 Å². The summed E-state index contributed by atoms with van der Waals surface area (Å²) in [6.45, 7) is 1.75. The summed E-state index contributed by atoms with van der Waals surface area (Å²) in [6.07, 6.45) is 0. The van der Waals surface area contributed by atoms with Crippen LogP contribution in [0.25, 0.3) is 11.1 Å². The molecule has 0 fully saturated rings. The predicted molar refractivity (Wildman–Crippen MR) is 77.5 cm³/mol. The summed E-state index contributed by atoms with van der Waals surface area (Å²) < 4.78 is 18.4. The zero-order chi connectivity index (χ0) is 15.0. The van der Waals surface area contributed by atoms with E-state index in [-0.39, 0.29) is 17.2 Å². The third-order valence-corrected chi connectivity index (χ3v) is 3.01. The number of halogens is 1. The lowest BCUT2D eigenvalue weighted by Gasteiger charge is -2.06. The molecular weight excluding hydrogens is 273 g/mol. The number of aromatic nitrogens is 1. The van der Waals surface area contributed by atoms with E-state index in [9.17, 15) is 9.18 Å². The summed E-state index contributed by atoms with van der Waals surface area (Å²) in [4.78, 5) is 16.3. The molecule has 0 aliphatic rings. The quantitative estimate of drug-likeness (QED) is 0.709. The van der Waals surface area contributed by atoms with Crippen LogP contribution in [0.1, 0.15) is 16.2 Å². The van der Waals surface area contributed by atoms with Crippen molar-refractivity contribution in [2.24, 2.45) is 0 Å². The second-order valence-corrected chi connectivity index (χ2v) is 4.61. The van der Waals surface area contributed by atoms with E-state index in [1.165, 1.54) is 12.1 Å². The van der Waals surface area contributed by atoms with Crippen LogP contribution in [0.5, 0.6) is 0 Å². The average molecular weight is 285 g/mol. The van der Waals surface area contributed by atoms with Gasteiger partial charge in [0.25, 0.3) is 5.91 Å². The molecule has 6 heteroatoms. The monoisotopic (exact) mass is 285 g/mol. The first-order valence-electron chi connectivity index (χ1n) is 6.26. The lowest BCUT2D eigenvalue weighted by atomic mass is 10.1. The Hall–Kier alpha value is -2.89. The van der Waals surface area contributed by atoms with Crippen molar-refractivity contribution < 1.29 is 13.6 Å². The summed E-state index contributed by atoms with van der Waals surface area (Å²) in [5.41, 5.74) is 7.55. The van der Waals surface area contributed by atoms with E-state index in [1.807, 2.05) is 0 Å². The third kappa shape index (κ3) is 2.55. The van der Waals surface area contributed by atoms with Gasteiger partial charge in [0.2, 0.25) is 0 Å². The fourth-order valence-electron chi connectivity index (χ4n) is 2.01. The third-order valence-electron chi connectivity index (χ3n) is 3.01. The molecule has 0 bridgehead atoms. The lowest BCUT2D eigenvalue weighted by molar-refractivity contribution is 0.102. The number of amides is 1. The minimum Gasteiger partial charge on any atom is -0.441 e. The minimum atomic E-state index is -0.550. The number of oxazole rings is 1. The number of carbonyl (C=O) groups is 1. The van der Waals surface area contributed by atoms with Crippen LogP contribution in [0.2, 0.25) is 0 Å².